The minimum Gasteiger partial charge on any atom is -0.459 e. The van der Waals surface area contributed by atoms with Crippen LogP contribution in [0.15, 0.2) is 152 Å². The molecule has 1 aliphatic heterocycles. The molecule has 6 rings (SSSR count). The fourth-order valence-electron chi connectivity index (χ4n) is 8.36. The standard InChI is InChI=1S/C51H58N2O7Si/c1-37(2)31-45(49(56)58-35-39-23-13-7-14-24-39)53-47(54)34-41(48(53)55)33-46(60-61(51(3,4)5,42-27-17-9-18-28-42)43-29-19-10-20-30-43)44(32-38-21-11-6-12-22-38)52-50(57)59-36-40-25-15-8-16-26-40/h6-30,37,41,44-46H,31-36H2,1-5H3,(H,52,57)/t41-,44-,45-,46?/m0/s1. The number of nitrogens with zero attached hydrogens (tertiary/aromatic N) is 1. The van der Waals surface area contributed by atoms with E-state index in [0.29, 0.717) is 6.42 Å². The zero-order valence-electron chi connectivity index (χ0n) is 35.9. The number of hydrogen-bond donors (Lipinski definition) is 1. The van der Waals surface area contributed by atoms with Crippen LogP contribution in [0, 0.1) is 11.8 Å². The molecule has 0 aromatic heterocycles. The zero-order chi connectivity index (χ0) is 43.4. The first-order chi connectivity index (χ1) is 29.4. The Kier molecular flexibility index (Phi) is 15.1. The Labute approximate surface area is 361 Å². The molecule has 10 heteroatoms. The highest BCUT2D eigenvalue weighted by molar-refractivity contribution is 6.99. The van der Waals surface area contributed by atoms with E-state index >= 15 is 0 Å². The van der Waals surface area contributed by atoms with Crippen molar-refractivity contribution in [1.29, 1.82) is 0 Å². The summed E-state index contributed by atoms with van der Waals surface area (Å²) in [5, 5.41) is 4.77. The van der Waals surface area contributed by atoms with Gasteiger partial charge in [0.25, 0.3) is 8.32 Å². The molecule has 0 aliphatic carbocycles. The number of likely N-dealkylation sites (tertiary alicyclic amines) is 1. The number of carbonyl (C=O) groups excluding carboxylic acids is 4. The second kappa shape index (κ2) is 20.6. The van der Waals surface area contributed by atoms with Gasteiger partial charge in [-0.2, -0.15) is 0 Å². The maximum atomic E-state index is 14.8. The molecule has 0 bridgehead atoms. The molecule has 9 nitrogen and oxygen atoms in total. The molecular formula is C51H58N2O7Si. The van der Waals surface area contributed by atoms with E-state index in [1.165, 1.54) is 0 Å². The van der Waals surface area contributed by atoms with Gasteiger partial charge < -0.3 is 19.2 Å². The topological polar surface area (TPSA) is 111 Å². The van der Waals surface area contributed by atoms with Gasteiger partial charge in [0, 0.05) is 12.3 Å². The van der Waals surface area contributed by atoms with Gasteiger partial charge in [0.15, 0.2) is 0 Å². The third-order valence-corrected chi connectivity index (χ3v) is 16.4. The molecule has 4 atom stereocenters. The van der Waals surface area contributed by atoms with Gasteiger partial charge in [-0.3, -0.25) is 14.5 Å². The number of esters is 1. The van der Waals surface area contributed by atoms with Gasteiger partial charge in [0.05, 0.1) is 12.1 Å². The molecule has 0 saturated carbocycles. The number of amides is 3. The summed E-state index contributed by atoms with van der Waals surface area (Å²) in [5.74, 6) is -2.36. The van der Waals surface area contributed by atoms with Gasteiger partial charge in [-0.15, -0.1) is 0 Å². The van der Waals surface area contributed by atoms with Gasteiger partial charge >= 0.3 is 12.1 Å². The summed E-state index contributed by atoms with van der Waals surface area (Å²) in [4.78, 5) is 57.7. The Hall–Kier alpha value is -5.84. The van der Waals surface area contributed by atoms with E-state index in [1.54, 1.807) is 0 Å². The van der Waals surface area contributed by atoms with E-state index in [4.69, 9.17) is 13.9 Å². The maximum absolute atomic E-state index is 14.8. The molecule has 1 fully saturated rings. The number of hydrogen-bond acceptors (Lipinski definition) is 7. The first-order valence-corrected chi connectivity index (χ1v) is 23.1. The van der Waals surface area contributed by atoms with Crippen LogP contribution in [-0.2, 0) is 47.9 Å². The summed E-state index contributed by atoms with van der Waals surface area (Å²) in [6.45, 7) is 10.5. The zero-order valence-corrected chi connectivity index (χ0v) is 36.9. The smallest absolute Gasteiger partial charge is 0.407 e. The largest absolute Gasteiger partial charge is 0.459 e. The van der Waals surface area contributed by atoms with Crippen molar-refractivity contribution in [3.05, 3.63) is 168 Å². The van der Waals surface area contributed by atoms with Gasteiger partial charge in [-0.25, -0.2) is 9.59 Å². The van der Waals surface area contributed by atoms with Crippen molar-refractivity contribution >= 4 is 42.6 Å². The quantitative estimate of drug-likeness (QED) is 0.0537. The predicted octanol–water partition coefficient (Wildman–Crippen LogP) is 8.39. The number of nitrogens with one attached hydrogen (secondary N) is 1. The van der Waals surface area contributed by atoms with Crippen LogP contribution in [0.2, 0.25) is 5.04 Å². The van der Waals surface area contributed by atoms with Gasteiger partial charge in [-0.1, -0.05) is 186 Å². The summed E-state index contributed by atoms with van der Waals surface area (Å²) in [5.41, 5.74) is 2.59. The van der Waals surface area contributed by atoms with Crippen LogP contribution in [0.3, 0.4) is 0 Å². The van der Waals surface area contributed by atoms with E-state index in [1.807, 2.05) is 141 Å². The third-order valence-electron chi connectivity index (χ3n) is 11.3. The highest BCUT2D eigenvalue weighted by Crippen LogP contribution is 2.40. The SMILES string of the molecule is CC(C)C[C@@H](C(=O)OCc1ccccc1)N1C(=O)C[C@H](CC(O[Si](c2ccccc2)(c2ccccc2)C(C)(C)C)[C@H](Cc2ccccc2)NC(=O)OCc2ccccc2)C1=O. The van der Waals surface area contributed by atoms with Crippen LogP contribution in [0.25, 0.3) is 0 Å². The van der Waals surface area contributed by atoms with Gasteiger partial charge in [0.1, 0.15) is 19.3 Å². The van der Waals surface area contributed by atoms with Crippen LogP contribution >= 0.6 is 0 Å². The molecular weight excluding hydrogens is 781 g/mol. The second-order valence-corrected chi connectivity index (χ2v) is 21.6. The van der Waals surface area contributed by atoms with E-state index in [0.717, 1.165) is 32.0 Å². The maximum Gasteiger partial charge on any atom is 0.407 e. The van der Waals surface area contributed by atoms with E-state index in [-0.39, 0.29) is 38.4 Å². The average molecular weight is 839 g/mol. The lowest BCUT2D eigenvalue weighted by molar-refractivity contribution is -0.160. The normalized spacial score (nSPS) is 15.9. The summed E-state index contributed by atoms with van der Waals surface area (Å²) in [7, 11) is -3.32. The van der Waals surface area contributed by atoms with Crippen molar-refractivity contribution < 1.29 is 33.1 Å². The van der Waals surface area contributed by atoms with Crippen molar-refractivity contribution in [3.63, 3.8) is 0 Å². The van der Waals surface area contributed by atoms with E-state index in [2.05, 4.69) is 50.4 Å². The van der Waals surface area contributed by atoms with Crippen LogP contribution in [0.4, 0.5) is 4.79 Å². The van der Waals surface area contributed by atoms with Gasteiger partial charge in [-0.05, 0) is 57.3 Å². The van der Waals surface area contributed by atoms with Gasteiger partial charge in [0.2, 0.25) is 11.8 Å². The van der Waals surface area contributed by atoms with E-state index < -0.39 is 61.3 Å². The molecule has 3 amide bonds. The molecule has 0 spiro atoms. The Morgan fingerprint density at radius 1 is 0.689 bits per heavy atom. The number of ether oxygens (including phenoxy) is 2. The molecule has 0 radical (unpaired) electrons. The third kappa shape index (κ3) is 11.3. The molecule has 5 aromatic carbocycles. The van der Waals surface area contributed by atoms with Crippen molar-refractivity contribution in [2.24, 2.45) is 11.8 Å². The van der Waals surface area contributed by atoms with E-state index in [9.17, 15) is 19.2 Å². The molecule has 1 aliphatic rings. The number of rotatable bonds is 18. The van der Waals surface area contributed by atoms with Crippen LogP contribution in [0.5, 0.6) is 0 Å². The first-order valence-electron chi connectivity index (χ1n) is 21.2. The Morgan fingerprint density at radius 2 is 1.15 bits per heavy atom. The number of alkyl carbamates (subject to hydrolysis) is 1. The van der Waals surface area contributed by atoms with Crippen molar-refractivity contribution in [1.82, 2.24) is 10.2 Å². The molecule has 5 aromatic rings. The van der Waals surface area contributed by atoms with Crippen molar-refractivity contribution in [2.75, 3.05) is 0 Å². The number of benzene rings is 5. The lowest BCUT2D eigenvalue weighted by atomic mass is 9.92. The predicted molar refractivity (Wildman–Crippen MR) is 240 cm³/mol. The summed E-state index contributed by atoms with van der Waals surface area (Å²) >= 11 is 0. The minimum absolute atomic E-state index is 0.0125. The lowest BCUT2D eigenvalue weighted by Gasteiger charge is -2.47. The Morgan fingerprint density at radius 3 is 1.62 bits per heavy atom. The van der Waals surface area contributed by atoms with Crippen LogP contribution < -0.4 is 15.7 Å². The lowest BCUT2D eigenvalue weighted by Crippen LogP contribution is -2.69. The fourth-order valence-corrected chi connectivity index (χ4v) is 13.1. The summed E-state index contributed by atoms with van der Waals surface area (Å²) < 4.78 is 19.4. The van der Waals surface area contributed by atoms with Crippen molar-refractivity contribution in [2.45, 2.75) is 96.7 Å². The van der Waals surface area contributed by atoms with Crippen LogP contribution in [0.1, 0.15) is 70.6 Å². The fraction of sp³-hybridized carbons (Fsp3) is 0.333. The minimum atomic E-state index is -3.32. The summed E-state index contributed by atoms with van der Waals surface area (Å²) in [6.07, 6.45) is -0.845. The Bertz CT molecular complexity index is 2140. The first kappa shape index (κ1) is 44.7. The Balaban J connectivity index is 1.40. The van der Waals surface area contributed by atoms with Crippen molar-refractivity contribution in [3.8, 4) is 0 Å². The summed E-state index contributed by atoms with van der Waals surface area (Å²) in [6, 6.07) is 47.2. The molecule has 1 unspecified atom stereocenters. The molecule has 318 valence electrons. The highest BCUT2D eigenvalue weighted by atomic mass is 28.4. The molecule has 1 heterocycles. The number of carbonyl (C=O) groups is 4. The highest BCUT2D eigenvalue weighted by Gasteiger charge is 2.54. The molecule has 1 saturated heterocycles. The monoisotopic (exact) mass is 838 g/mol. The number of imide groups is 1. The molecule has 61 heavy (non-hydrogen) atoms. The second-order valence-electron chi connectivity index (χ2n) is 17.3. The average Bonchev–Trinajstić information content (AvgIpc) is 3.54. The van der Waals surface area contributed by atoms with Crippen LogP contribution in [-0.4, -0.2) is 55.3 Å². The molecule has 1 N–H and O–H groups in total.